The molecule has 1 aromatic heterocycles. The molecule has 0 saturated heterocycles. The summed E-state index contributed by atoms with van der Waals surface area (Å²) in [6.45, 7) is 0. The van der Waals surface area contributed by atoms with Gasteiger partial charge >= 0.3 is 0 Å². The number of anilines is 1. The molecule has 1 saturated carbocycles. The Morgan fingerprint density at radius 2 is 2.03 bits per heavy atom. The number of oxime groups is 1. The van der Waals surface area contributed by atoms with Crippen molar-refractivity contribution >= 4 is 55.4 Å². The Hall–Kier alpha value is -2.50. The quantitative estimate of drug-likeness (QED) is 0.470. The van der Waals surface area contributed by atoms with Crippen LogP contribution in [0.5, 0.6) is 0 Å². The van der Waals surface area contributed by atoms with Crippen LogP contribution in [0.15, 0.2) is 34.4 Å². The van der Waals surface area contributed by atoms with Crippen LogP contribution < -0.4 is 11.1 Å². The van der Waals surface area contributed by atoms with Crippen molar-refractivity contribution in [2.45, 2.75) is 36.7 Å². The lowest BCUT2D eigenvalue weighted by molar-refractivity contribution is -0.110. The van der Waals surface area contributed by atoms with E-state index in [1.165, 1.54) is 24.4 Å². The minimum Gasteiger partial charge on any atom is -0.392 e. The zero-order valence-corrected chi connectivity index (χ0v) is 18.3. The Bertz CT molecular complexity index is 1110. The molecule has 12 heteroatoms. The summed E-state index contributed by atoms with van der Waals surface area (Å²) < 4.78 is 23.6. The number of amides is 2. The predicted molar refractivity (Wildman–Crippen MR) is 114 cm³/mol. The van der Waals surface area contributed by atoms with E-state index in [-0.39, 0.29) is 37.3 Å². The second kappa shape index (κ2) is 9.11. The fraction of sp³-hybridized carbons (Fsp3) is 0.333. The van der Waals surface area contributed by atoms with Gasteiger partial charge in [-0.1, -0.05) is 34.2 Å². The number of primary amides is 1. The zero-order valence-electron chi connectivity index (χ0n) is 15.9. The van der Waals surface area contributed by atoms with Crippen LogP contribution in [-0.4, -0.2) is 43.3 Å². The third-order valence-corrected chi connectivity index (χ3v) is 6.89. The van der Waals surface area contributed by atoms with E-state index < -0.39 is 21.7 Å². The normalized spacial score (nSPS) is 15.2. The van der Waals surface area contributed by atoms with Crippen LogP contribution >= 0.6 is 22.9 Å². The molecular weight excluding hydrogens is 452 g/mol. The summed E-state index contributed by atoms with van der Waals surface area (Å²) in [6, 6.07) is 4.07. The molecule has 2 aromatic rings. The number of sulfone groups is 1. The van der Waals surface area contributed by atoms with Crippen LogP contribution in [0.1, 0.15) is 40.9 Å². The molecule has 1 aliphatic rings. The molecule has 0 aliphatic heterocycles. The fourth-order valence-electron chi connectivity index (χ4n) is 2.90. The van der Waals surface area contributed by atoms with Crippen LogP contribution in [-0.2, 0) is 19.5 Å². The van der Waals surface area contributed by atoms with Crippen molar-refractivity contribution < 1.29 is 22.8 Å². The third kappa shape index (κ3) is 5.35. The van der Waals surface area contributed by atoms with Crippen molar-refractivity contribution in [2.24, 2.45) is 10.9 Å². The van der Waals surface area contributed by atoms with Gasteiger partial charge < -0.3 is 10.6 Å². The molecule has 0 bridgehead atoms. The maximum atomic E-state index is 12.9. The maximum Gasteiger partial charge on any atom is 0.280 e. The SMILES string of the molecule is CS(=O)(=O)c1ccc(C(=NOC2CCCC2)C(=O)Nc2ncc(C(N)=O)s2)cc1Cl. The molecule has 2 amide bonds. The van der Waals surface area contributed by atoms with E-state index in [2.05, 4.69) is 15.5 Å². The molecule has 3 N–H and O–H groups in total. The van der Waals surface area contributed by atoms with E-state index in [0.29, 0.717) is 0 Å². The van der Waals surface area contributed by atoms with Crippen LogP contribution in [0.4, 0.5) is 5.13 Å². The molecule has 30 heavy (non-hydrogen) atoms. The number of carbonyl (C=O) groups is 2. The number of thiazole rings is 1. The lowest BCUT2D eigenvalue weighted by atomic mass is 10.1. The van der Waals surface area contributed by atoms with Crippen LogP contribution in [0.3, 0.4) is 0 Å². The first-order chi connectivity index (χ1) is 14.1. The van der Waals surface area contributed by atoms with Gasteiger partial charge in [-0.2, -0.15) is 0 Å². The van der Waals surface area contributed by atoms with Crippen molar-refractivity contribution in [1.29, 1.82) is 0 Å². The summed E-state index contributed by atoms with van der Waals surface area (Å²) in [5.74, 6) is -1.31. The first-order valence-corrected chi connectivity index (χ1v) is 12.0. The Labute approximate surface area is 182 Å². The molecule has 9 nitrogen and oxygen atoms in total. The number of benzene rings is 1. The highest BCUT2D eigenvalue weighted by atomic mass is 35.5. The summed E-state index contributed by atoms with van der Waals surface area (Å²) in [7, 11) is -3.53. The summed E-state index contributed by atoms with van der Waals surface area (Å²) >= 11 is 7.04. The number of nitrogens with two attached hydrogens (primary N) is 1. The van der Waals surface area contributed by atoms with E-state index in [1.54, 1.807) is 0 Å². The number of hydrogen-bond acceptors (Lipinski definition) is 8. The largest absolute Gasteiger partial charge is 0.392 e. The average Bonchev–Trinajstić information content (AvgIpc) is 3.33. The van der Waals surface area contributed by atoms with Crippen LogP contribution in [0.2, 0.25) is 5.02 Å². The molecule has 1 aromatic carbocycles. The van der Waals surface area contributed by atoms with Gasteiger partial charge in [-0.25, -0.2) is 13.4 Å². The highest BCUT2D eigenvalue weighted by molar-refractivity contribution is 7.90. The van der Waals surface area contributed by atoms with E-state index in [4.69, 9.17) is 22.2 Å². The summed E-state index contributed by atoms with van der Waals surface area (Å²) in [4.78, 5) is 33.7. The number of nitrogens with zero attached hydrogens (tertiary/aromatic N) is 2. The molecule has 0 atom stereocenters. The number of nitrogens with one attached hydrogen (secondary N) is 1. The number of rotatable bonds is 7. The van der Waals surface area contributed by atoms with E-state index in [9.17, 15) is 18.0 Å². The number of halogens is 1. The first kappa shape index (κ1) is 22.2. The molecule has 1 aliphatic carbocycles. The molecule has 0 spiro atoms. The molecule has 1 heterocycles. The lowest BCUT2D eigenvalue weighted by Crippen LogP contribution is -2.25. The topological polar surface area (TPSA) is 141 Å². The van der Waals surface area contributed by atoms with Gasteiger partial charge in [-0.15, -0.1) is 0 Å². The van der Waals surface area contributed by atoms with Gasteiger partial charge in [0.1, 0.15) is 11.0 Å². The van der Waals surface area contributed by atoms with Gasteiger partial charge in [0.15, 0.2) is 20.7 Å². The van der Waals surface area contributed by atoms with Crippen molar-refractivity contribution in [1.82, 2.24) is 4.98 Å². The van der Waals surface area contributed by atoms with E-state index >= 15 is 0 Å². The average molecular weight is 471 g/mol. The smallest absolute Gasteiger partial charge is 0.280 e. The number of aromatic nitrogens is 1. The molecule has 160 valence electrons. The lowest BCUT2D eigenvalue weighted by Gasteiger charge is -2.11. The highest BCUT2D eigenvalue weighted by Gasteiger charge is 2.22. The molecule has 0 unspecified atom stereocenters. The molecule has 0 radical (unpaired) electrons. The monoisotopic (exact) mass is 470 g/mol. The molecule has 1 fully saturated rings. The summed E-state index contributed by atoms with van der Waals surface area (Å²) in [5, 5.41) is 6.69. The number of carbonyl (C=O) groups excluding carboxylic acids is 2. The summed E-state index contributed by atoms with van der Waals surface area (Å²) in [5.41, 5.74) is 5.38. The second-order valence-electron chi connectivity index (χ2n) is 6.72. The third-order valence-electron chi connectivity index (χ3n) is 4.38. The van der Waals surface area contributed by atoms with Crippen LogP contribution in [0, 0.1) is 0 Å². The van der Waals surface area contributed by atoms with Gasteiger partial charge in [0.25, 0.3) is 11.8 Å². The van der Waals surface area contributed by atoms with Gasteiger partial charge in [0.05, 0.1) is 16.1 Å². The maximum absolute atomic E-state index is 12.9. The Balaban J connectivity index is 1.91. The minimum atomic E-state index is -3.53. The van der Waals surface area contributed by atoms with E-state index in [1.807, 2.05) is 0 Å². The van der Waals surface area contributed by atoms with Gasteiger partial charge in [0, 0.05) is 11.8 Å². The van der Waals surface area contributed by atoms with Crippen molar-refractivity contribution in [2.75, 3.05) is 11.6 Å². The van der Waals surface area contributed by atoms with Crippen molar-refractivity contribution in [3.63, 3.8) is 0 Å². The van der Waals surface area contributed by atoms with E-state index in [0.717, 1.165) is 43.3 Å². The zero-order chi connectivity index (χ0) is 21.9. The fourth-order valence-corrected chi connectivity index (χ4v) is 4.89. The second-order valence-corrected chi connectivity index (χ2v) is 10.1. The Morgan fingerprint density at radius 1 is 1.33 bits per heavy atom. The first-order valence-electron chi connectivity index (χ1n) is 8.96. The number of hydrogen-bond donors (Lipinski definition) is 2. The summed E-state index contributed by atoms with van der Waals surface area (Å²) in [6.07, 6.45) is 5.90. The minimum absolute atomic E-state index is 0.0402. The van der Waals surface area contributed by atoms with Crippen molar-refractivity contribution in [3.05, 3.63) is 39.9 Å². The van der Waals surface area contributed by atoms with Gasteiger partial charge in [-0.3, -0.25) is 14.9 Å². The molecule has 3 rings (SSSR count). The Kier molecular flexibility index (Phi) is 6.74. The van der Waals surface area contributed by atoms with Gasteiger partial charge in [0.2, 0.25) is 0 Å². The predicted octanol–water partition coefficient (Wildman–Crippen LogP) is 2.60. The Morgan fingerprint density at radius 3 is 2.60 bits per heavy atom. The molecular formula is C18H19ClN4O5S2. The van der Waals surface area contributed by atoms with Gasteiger partial charge in [-0.05, 0) is 37.8 Å². The van der Waals surface area contributed by atoms with Crippen molar-refractivity contribution in [3.8, 4) is 0 Å². The van der Waals surface area contributed by atoms with Crippen LogP contribution in [0.25, 0.3) is 0 Å². The highest BCUT2D eigenvalue weighted by Crippen LogP contribution is 2.25. The standard InChI is InChI=1S/C18H19ClN4O5S2/c1-30(26,27)14-7-6-10(8-12(14)19)15(23-28-11-4-2-3-5-11)17(25)22-18-21-9-13(29-18)16(20)24/h6-9,11H,2-5H2,1H3,(H2,20,24)(H,21,22,25).